The van der Waals surface area contributed by atoms with Gasteiger partial charge in [0.1, 0.15) is 7.11 Å². The highest BCUT2D eigenvalue weighted by Crippen LogP contribution is 2.65. The zero-order chi connectivity index (χ0) is 21.0. The smallest absolute Gasteiger partial charge is 0.184 e. The SMILES string of the molecule is CON=C(C)C1=CCC2C3CC=C4CC(O[Si](C)(C)C)CCC4(C)C3CCC12C. The number of nitrogens with zero attached hydrogens (tertiary/aromatic N) is 1. The van der Waals surface area contributed by atoms with E-state index in [1.54, 1.807) is 12.7 Å². The summed E-state index contributed by atoms with van der Waals surface area (Å²) in [7, 11) is 0.190. The van der Waals surface area contributed by atoms with Crippen LogP contribution >= 0.6 is 0 Å². The summed E-state index contributed by atoms with van der Waals surface area (Å²) in [6, 6.07) is 0. The third kappa shape index (κ3) is 3.58. The van der Waals surface area contributed by atoms with Crippen molar-refractivity contribution in [1.82, 2.24) is 0 Å². The summed E-state index contributed by atoms with van der Waals surface area (Å²) >= 11 is 0. The zero-order valence-electron chi connectivity index (χ0n) is 19.7. The maximum atomic E-state index is 6.52. The molecule has 0 aromatic rings. The Labute approximate surface area is 179 Å². The molecule has 4 aliphatic carbocycles. The van der Waals surface area contributed by atoms with Gasteiger partial charge in [-0.3, -0.25) is 0 Å². The standard InChI is InChI=1S/C25H41NO2Si/c1-17(26-27-4)21-10-11-22-20-9-8-18-16-19(28-29(5,6)7)12-14-24(18,2)23(20)13-15-25(21,22)3/h8,10,19-20,22-23H,9,11-16H2,1-7H3. The molecule has 6 atom stereocenters. The van der Waals surface area contributed by atoms with Gasteiger partial charge in [-0.05, 0) is 106 Å². The second-order valence-electron chi connectivity index (χ2n) is 11.5. The number of allylic oxidation sites excluding steroid dienone is 3. The van der Waals surface area contributed by atoms with Crippen LogP contribution in [0.4, 0.5) is 0 Å². The Morgan fingerprint density at radius 3 is 2.45 bits per heavy atom. The van der Waals surface area contributed by atoms with Crippen LogP contribution in [0.1, 0.15) is 65.7 Å². The van der Waals surface area contributed by atoms with Crippen LogP contribution in [0.3, 0.4) is 0 Å². The van der Waals surface area contributed by atoms with Gasteiger partial charge in [0.05, 0.1) is 5.71 Å². The van der Waals surface area contributed by atoms with E-state index in [1.165, 1.54) is 50.5 Å². The highest BCUT2D eigenvalue weighted by Gasteiger charge is 2.57. The molecule has 2 fully saturated rings. The molecule has 6 unspecified atom stereocenters. The van der Waals surface area contributed by atoms with E-state index in [1.807, 2.05) is 0 Å². The molecule has 4 aliphatic rings. The van der Waals surface area contributed by atoms with Gasteiger partial charge in [-0.2, -0.15) is 0 Å². The van der Waals surface area contributed by atoms with Crippen LogP contribution in [0.25, 0.3) is 0 Å². The molecular formula is C25H41NO2Si. The van der Waals surface area contributed by atoms with Crippen LogP contribution in [-0.2, 0) is 9.26 Å². The van der Waals surface area contributed by atoms with Crippen molar-refractivity contribution in [1.29, 1.82) is 0 Å². The molecule has 0 aromatic carbocycles. The third-order valence-electron chi connectivity index (χ3n) is 8.78. The van der Waals surface area contributed by atoms with E-state index in [9.17, 15) is 0 Å². The molecule has 0 amide bonds. The van der Waals surface area contributed by atoms with Crippen LogP contribution in [-0.4, -0.2) is 27.2 Å². The molecule has 162 valence electrons. The van der Waals surface area contributed by atoms with E-state index in [4.69, 9.17) is 9.26 Å². The largest absolute Gasteiger partial charge is 0.414 e. The lowest BCUT2D eigenvalue weighted by Gasteiger charge is -2.58. The van der Waals surface area contributed by atoms with Gasteiger partial charge in [-0.15, -0.1) is 0 Å². The average molecular weight is 416 g/mol. The highest BCUT2D eigenvalue weighted by atomic mass is 28.4. The van der Waals surface area contributed by atoms with Crippen molar-refractivity contribution in [3.05, 3.63) is 23.3 Å². The monoisotopic (exact) mass is 415 g/mol. The molecule has 0 saturated heterocycles. The van der Waals surface area contributed by atoms with E-state index in [0.717, 1.165) is 23.5 Å². The van der Waals surface area contributed by atoms with Crippen molar-refractivity contribution < 1.29 is 9.26 Å². The Hall–Kier alpha value is -0.873. The Morgan fingerprint density at radius 2 is 1.76 bits per heavy atom. The van der Waals surface area contributed by atoms with Gasteiger partial charge >= 0.3 is 0 Å². The molecule has 2 saturated carbocycles. The molecule has 0 bridgehead atoms. The van der Waals surface area contributed by atoms with Crippen molar-refractivity contribution in [2.24, 2.45) is 33.7 Å². The van der Waals surface area contributed by atoms with Gasteiger partial charge in [0.25, 0.3) is 0 Å². The van der Waals surface area contributed by atoms with Gasteiger partial charge in [-0.25, -0.2) is 0 Å². The van der Waals surface area contributed by atoms with E-state index < -0.39 is 8.32 Å². The van der Waals surface area contributed by atoms with Gasteiger partial charge in [0.15, 0.2) is 8.32 Å². The maximum Gasteiger partial charge on any atom is 0.184 e. The Morgan fingerprint density at radius 1 is 1.03 bits per heavy atom. The summed E-state index contributed by atoms with van der Waals surface area (Å²) in [5, 5.41) is 4.29. The number of hydrogen-bond donors (Lipinski definition) is 0. The molecule has 0 aliphatic heterocycles. The first-order valence-electron chi connectivity index (χ1n) is 11.7. The minimum absolute atomic E-state index is 0.271. The van der Waals surface area contributed by atoms with Crippen LogP contribution < -0.4 is 0 Å². The fourth-order valence-corrected chi connectivity index (χ4v) is 8.74. The molecule has 0 radical (unpaired) electrons. The quantitative estimate of drug-likeness (QED) is 0.221. The van der Waals surface area contributed by atoms with Crippen LogP contribution in [0.15, 0.2) is 28.5 Å². The first-order valence-corrected chi connectivity index (χ1v) is 15.2. The van der Waals surface area contributed by atoms with Crippen LogP contribution in [0.2, 0.25) is 19.6 Å². The van der Waals surface area contributed by atoms with Crippen molar-refractivity contribution >= 4 is 14.0 Å². The second kappa shape index (κ2) is 7.37. The first-order chi connectivity index (χ1) is 13.6. The number of rotatable bonds is 4. The molecular weight excluding hydrogens is 374 g/mol. The van der Waals surface area contributed by atoms with E-state index in [0.29, 0.717) is 11.5 Å². The van der Waals surface area contributed by atoms with Gasteiger partial charge < -0.3 is 9.26 Å². The maximum absolute atomic E-state index is 6.52. The van der Waals surface area contributed by atoms with Crippen molar-refractivity contribution in [2.45, 2.75) is 91.5 Å². The van der Waals surface area contributed by atoms with Crippen molar-refractivity contribution in [2.75, 3.05) is 7.11 Å². The lowest BCUT2D eigenvalue weighted by Crippen LogP contribution is -2.51. The fraction of sp³-hybridized carbons (Fsp3) is 0.800. The summed E-state index contributed by atoms with van der Waals surface area (Å²) in [6.07, 6.45) is 14.4. The van der Waals surface area contributed by atoms with Gasteiger partial charge in [0.2, 0.25) is 0 Å². The minimum Gasteiger partial charge on any atom is -0.414 e. The van der Waals surface area contributed by atoms with Gasteiger partial charge in [0, 0.05) is 6.10 Å². The normalized spacial score (nSPS) is 42.4. The Kier molecular flexibility index (Phi) is 5.43. The third-order valence-corrected chi connectivity index (χ3v) is 9.82. The Bertz CT molecular complexity index is 748. The second-order valence-corrected chi connectivity index (χ2v) is 16.0. The fourth-order valence-electron chi connectivity index (χ4n) is 7.54. The van der Waals surface area contributed by atoms with E-state index in [2.05, 4.69) is 57.7 Å². The summed E-state index contributed by atoms with van der Waals surface area (Å²) < 4.78 is 6.52. The van der Waals surface area contributed by atoms with Crippen molar-refractivity contribution in [3.63, 3.8) is 0 Å². The lowest BCUT2D eigenvalue weighted by atomic mass is 9.47. The molecule has 0 spiro atoms. The zero-order valence-corrected chi connectivity index (χ0v) is 20.7. The molecule has 4 rings (SSSR count). The number of fused-ring (bicyclic) bond motifs is 5. The Balaban J connectivity index is 1.56. The molecule has 4 heteroatoms. The highest BCUT2D eigenvalue weighted by molar-refractivity contribution is 6.69. The molecule has 0 aromatic heterocycles. The topological polar surface area (TPSA) is 30.8 Å². The summed E-state index contributed by atoms with van der Waals surface area (Å²) in [6.45, 7) is 14.2. The number of hydrogen-bond acceptors (Lipinski definition) is 3. The first kappa shape index (κ1) is 21.4. The van der Waals surface area contributed by atoms with E-state index in [-0.39, 0.29) is 5.41 Å². The summed E-state index contributed by atoms with van der Waals surface area (Å²) in [4.78, 5) is 5.11. The minimum atomic E-state index is -1.47. The summed E-state index contributed by atoms with van der Waals surface area (Å²) in [5.41, 5.74) is 4.92. The van der Waals surface area contributed by atoms with Crippen molar-refractivity contribution in [3.8, 4) is 0 Å². The van der Waals surface area contributed by atoms with Gasteiger partial charge in [-0.1, -0.05) is 36.7 Å². The van der Waals surface area contributed by atoms with Crippen LogP contribution in [0, 0.1) is 28.6 Å². The predicted molar refractivity (Wildman–Crippen MR) is 124 cm³/mol. The molecule has 0 N–H and O–H groups in total. The van der Waals surface area contributed by atoms with Crippen LogP contribution in [0.5, 0.6) is 0 Å². The molecule has 29 heavy (non-hydrogen) atoms. The van der Waals surface area contributed by atoms with E-state index >= 15 is 0 Å². The number of oxime groups is 1. The average Bonchev–Trinajstić information content (AvgIpc) is 2.98. The summed E-state index contributed by atoms with van der Waals surface area (Å²) in [5.74, 6) is 2.39. The molecule has 0 heterocycles. The lowest BCUT2D eigenvalue weighted by molar-refractivity contribution is -0.0262. The molecule has 3 nitrogen and oxygen atoms in total. The predicted octanol–water partition coefficient (Wildman–Crippen LogP) is 6.73.